The van der Waals surface area contributed by atoms with Gasteiger partial charge in [0.05, 0.1) is 6.61 Å². The van der Waals surface area contributed by atoms with Gasteiger partial charge in [-0.1, -0.05) is 0 Å². The molecule has 0 atom stereocenters. The molecule has 0 unspecified atom stereocenters. The number of ether oxygens (including phenoxy) is 2. The summed E-state index contributed by atoms with van der Waals surface area (Å²) in [6.45, 7) is 2.24. The second kappa shape index (κ2) is 7.62. The first-order valence-electron chi connectivity index (χ1n) is 8.22. The van der Waals surface area contributed by atoms with Crippen LogP contribution in [-0.4, -0.2) is 25.0 Å². The zero-order valence-corrected chi connectivity index (χ0v) is 14.5. The molecule has 1 aliphatic rings. The number of hydrogen-bond acceptors (Lipinski definition) is 5. The first-order chi connectivity index (χ1) is 11.7. The number of fused-ring (bicyclic) bond motifs is 1. The molecule has 0 amide bonds. The number of carbonyl (C=O) groups is 2. The molecular formula is C19H20O4S. The molecule has 5 heteroatoms. The normalized spacial score (nSPS) is 13.2. The van der Waals surface area contributed by atoms with E-state index in [9.17, 15) is 9.59 Å². The third kappa shape index (κ3) is 3.85. The van der Waals surface area contributed by atoms with E-state index in [0.717, 1.165) is 18.6 Å². The molecule has 126 valence electrons. The summed E-state index contributed by atoms with van der Waals surface area (Å²) in [5, 5.41) is 0. The van der Waals surface area contributed by atoms with Crippen LogP contribution in [0.4, 0.5) is 0 Å². The Morgan fingerprint density at radius 1 is 1.12 bits per heavy atom. The number of Topliss-reactive ketones (excluding diaryl/α,β-unsaturated/α-hetero) is 1. The fraction of sp³-hybridized carbons (Fsp3) is 0.368. The van der Waals surface area contributed by atoms with Crippen molar-refractivity contribution in [3.8, 4) is 5.75 Å². The maximum Gasteiger partial charge on any atom is 0.348 e. The van der Waals surface area contributed by atoms with Crippen molar-refractivity contribution in [3.63, 3.8) is 0 Å². The highest BCUT2D eigenvalue weighted by atomic mass is 32.1. The molecule has 1 aromatic heterocycles. The molecule has 0 fully saturated rings. The van der Waals surface area contributed by atoms with Gasteiger partial charge in [0.2, 0.25) is 0 Å². The zero-order valence-electron chi connectivity index (χ0n) is 13.7. The van der Waals surface area contributed by atoms with Crippen molar-refractivity contribution in [2.45, 2.75) is 32.6 Å². The van der Waals surface area contributed by atoms with E-state index >= 15 is 0 Å². The number of esters is 1. The van der Waals surface area contributed by atoms with E-state index < -0.39 is 5.97 Å². The van der Waals surface area contributed by atoms with Gasteiger partial charge in [0.15, 0.2) is 12.4 Å². The number of benzene rings is 1. The van der Waals surface area contributed by atoms with Gasteiger partial charge in [-0.05, 0) is 68.5 Å². The van der Waals surface area contributed by atoms with Crippen LogP contribution in [0.1, 0.15) is 50.2 Å². The summed E-state index contributed by atoms with van der Waals surface area (Å²) in [7, 11) is 0. The summed E-state index contributed by atoms with van der Waals surface area (Å²) >= 11 is 1.50. The molecule has 1 aromatic carbocycles. The largest absolute Gasteiger partial charge is 0.494 e. The van der Waals surface area contributed by atoms with Gasteiger partial charge in [-0.15, -0.1) is 11.3 Å². The van der Waals surface area contributed by atoms with Crippen LogP contribution in [0.3, 0.4) is 0 Å². The van der Waals surface area contributed by atoms with E-state index in [2.05, 4.69) is 0 Å². The fourth-order valence-electron chi connectivity index (χ4n) is 2.78. The number of thiophene rings is 1. The standard InChI is InChI=1S/C19H20O4S/c1-2-22-15-9-7-13(8-10-15)16(20)12-23-19(21)18-11-14-5-3-4-6-17(14)24-18/h7-11H,2-6,12H2,1H3. The monoisotopic (exact) mass is 344 g/mol. The van der Waals surface area contributed by atoms with Gasteiger partial charge in [-0.2, -0.15) is 0 Å². The highest BCUT2D eigenvalue weighted by Crippen LogP contribution is 2.30. The minimum atomic E-state index is -0.409. The summed E-state index contributed by atoms with van der Waals surface area (Å²) in [4.78, 5) is 26.2. The van der Waals surface area contributed by atoms with Crippen LogP contribution in [0.25, 0.3) is 0 Å². The SMILES string of the molecule is CCOc1ccc(C(=O)COC(=O)c2cc3c(s2)CCCC3)cc1. The lowest BCUT2D eigenvalue weighted by Crippen LogP contribution is -2.13. The third-order valence-electron chi connectivity index (χ3n) is 4.02. The van der Waals surface area contributed by atoms with Crippen molar-refractivity contribution in [3.05, 3.63) is 51.2 Å². The first kappa shape index (κ1) is 16.7. The van der Waals surface area contributed by atoms with Gasteiger partial charge in [0.1, 0.15) is 10.6 Å². The molecule has 0 saturated carbocycles. The molecule has 0 spiro atoms. The summed E-state index contributed by atoms with van der Waals surface area (Å²) in [6, 6.07) is 8.77. The smallest absolute Gasteiger partial charge is 0.348 e. The molecule has 4 nitrogen and oxygen atoms in total. The highest BCUT2D eigenvalue weighted by Gasteiger charge is 2.19. The number of hydrogen-bond donors (Lipinski definition) is 0. The van der Waals surface area contributed by atoms with E-state index in [-0.39, 0.29) is 12.4 Å². The van der Waals surface area contributed by atoms with E-state index in [1.807, 2.05) is 13.0 Å². The van der Waals surface area contributed by atoms with Crippen molar-refractivity contribution in [1.29, 1.82) is 0 Å². The van der Waals surface area contributed by atoms with Crippen molar-refractivity contribution in [1.82, 2.24) is 0 Å². The van der Waals surface area contributed by atoms with Gasteiger partial charge >= 0.3 is 5.97 Å². The molecule has 0 aliphatic heterocycles. The third-order valence-corrected chi connectivity index (χ3v) is 5.24. The summed E-state index contributed by atoms with van der Waals surface area (Å²) < 4.78 is 10.5. The van der Waals surface area contributed by atoms with E-state index in [1.54, 1.807) is 24.3 Å². The Morgan fingerprint density at radius 2 is 1.88 bits per heavy atom. The van der Waals surface area contributed by atoms with Crippen LogP contribution >= 0.6 is 11.3 Å². The number of ketones is 1. The first-order valence-corrected chi connectivity index (χ1v) is 9.04. The number of rotatable bonds is 6. The lowest BCUT2D eigenvalue weighted by atomic mass is 9.99. The molecule has 24 heavy (non-hydrogen) atoms. The Labute approximate surface area is 145 Å². The second-order valence-electron chi connectivity index (χ2n) is 5.72. The number of aryl methyl sites for hydroxylation is 2. The van der Waals surface area contributed by atoms with Crippen LogP contribution in [-0.2, 0) is 17.6 Å². The van der Waals surface area contributed by atoms with E-state index in [4.69, 9.17) is 9.47 Å². The van der Waals surface area contributed by atoms with Gasteiger partial charge in [-0.3, -0.25) is 4.79 Å². The van der Waals surface area contributed by atoms with Crippen LogP contribution in [0.2, 0.25) is 0 Å². The molecule has 0 saturated heterocycles. The maximum atomic E-state index is 12.2. The molecule has 1 heterocycles. The predicted octanol–water partition coefficient (Wildman–Crippen LogP) is 4.07. The van der Waals surface area contributed by atoms with E-state index in [0.29, 0.717) is 17.0 Å². The quantitative estimate of drug-likeness (QED) is 0.586. The van der Waals surface area contributed by atoms with Crippen LogP contribution in [0.15, 0.2) is 30.3 Å². The van der Waals surface area contributed by atoms with Crippen molar-refractivity contribution < 1.29 is 19.1 Å². The maximum absolute atomic E-state index is 12.2. The molecule has 0 N–H and O–H groups in total. The Balaban J connectivity index is 1.57. The zero-order chi connectivity index (χ0) is 16.9. The Bertz CT molecular complexity index is 707. The van der Waals surface area contributed by atoms with Crippen LogP contribution in [0.5, 0.6) is 5.75 Å². The summed E-state index contributed by atoms with van der Waals surface area (Å²) in [5.74, 6) is 0.0941. The molecule has 3 rings (SSSR count). The molecule has 0 radical (unpaired) electrons. The van der Waals surface area contributed by atoms with Crippen molar-refractivity contribution in [2.24, 2.45) is 0 Å². The van der Waals surface area contributed by atoms with Crippen molar-refractivity contribution in [2.75, 3.05) is 13.2 Å². The summed E-state index contributed by atoms with van der Waals surface area (Å²) in [6.07, 6.45) is 4.43. The molecule has 2 aromatic rings. The Hall–Kier alpha value is -2.14. The van der Waals surface area contributed by atoms with Crippen molar-refractivity contribution >= 4 is 23.1 Å². The lowest BCUT2D eigenvalue weighted by molar-refractivity contribution is 0.0479. The average Bonchev–Trinajstić information content (AvgIpc) is 3.04. The van der Waals surface area contributed by atoms with Gasteiger partial charge in [-0.25, -0.2) is 4.79 Å². The number of carbonyl (C=O) groups excluding carboxylic acids is 2. The second-order valence-corrected chi connectivity index (χ2v) is 6.86. The van der Waals surface area contributed by atoms with Gasteiger partial charge in [0.25, 0.3) is 0 Å². The minimum absolute atomic E-state index is 0.215. The molecule has 1 aliphatic carbocycles. The Morgan fingerprint density at radius 3 is 2.58 bits per heavy atom. The topological polar surface area (TPSA) is 52.6 Å². The highest BCUT2D eigenvalue weighted by molar-refractivity contribution is 7.14. The fourth-order valence-corrected chi connectivity index (χ4v) is 3.93. The predicted molar refractivity (Wildman–Crippen MR) is 93.2 cm³/mol. The Kier molecular flexibility index (Phi) is 5.30. The van der Waals surface area contributed by atoms with Crippen LogP contribution < -0.4 is 4.74 Å². The van der Waals surface area contributed by atoms with Gasteiger partial charge < -0.3 is 9.47 Å². The van der Waals surface area contributed by atoms with E-state index in [1.165, 1.54) is 34.6 Å². The summed E-state index contributed by atoms with van der Waals surface area (Å²) in [5.41, 5.74) is 1.77. The molecular weight excluding hydrogens is 324 g/mol. The lowest BCUT2D eigenvalue weighted by Gasteiger charge is -2.08. The molecule has 0 bridgehead atoms. The average molecular weight is 344 g/mol. The van der Waals surface area contributed by atoms with Crippen LogP contribution in [0, 0.1) is 0 Å². The minimum Gasteiger partial charge on any atom is -0.494 e. The van der Waals surface area contributed by atoms with Gasteiger partial charge in [0, 0.05) is 10.4 Å².